The normalized spacial score (nSPS) is 12.3. The van der Waals surface area contributed by atoms with Gasteiger partial charge in [-0.15, -0.1) is 0 Å². The van der Waals surface area contributed by atoms with Gasteiger partial charge in [0.15, 0.2) is 0 Å². The van der Waals surface area contributed by atoms with Crippen LogP contribution in [0, 0.1) is 0 Å². The molecule has 0 bridgehead atoms. The molecule has 1 aliphatic heterocycles. The van der Waals surface area contributed by atoms with Crippen molar-refractivity contribution in [2.75, 3.05) is 26.7 Å². The number of nitrogens with zero attached hydrogens (tertiary/aromatic N) is 3. The molecule has 7 heteroatoms. The highest BCUT2D eigenvalue weighted by molar-refractivity contribution is 7.99. The van der Waals surface area contributed by atoms with Crippen LogP contribution >= 0.6 is 11.8 Å². The molecule has 0 spiro atoms. The van der Waals surface area contributed by atoms with Gasteiger partial charge in [-0.2, -0.15) is 5.10 Å². The molecule has 29 heavy (non-hydrogen) atoms. The van der Waals surface area contributed by atoms with Crippen molar-refractivity contribution in [1.82, 2.24) is 20.0 Å². The van der Waals surface area contributed by atoms with Gasteiger partial charge < -0.3 is 15.0 Å². The van der Waals surface area contributed by atoms with Crippen LogP contribution in [0.15, 0.2) is 46.2 Å². The molecule has 0 unspecified atom stereocenters. The maximum atomic E-state index is 11.6. The number of nitrogens with one attached hydrogen (secondary N) is 1. The van der Waals surface area contributed by atoms with Crippen molar-refractivity contribution in [3.8, 4) is 11.3 Å². The SMILES string of the molecule is CCN(CC)CCn1nc2c3c(c(CNC(=O)OC)ccc31)Sc1ccccc1-2. The molecule has 0 radical (unpaired) electrons. The zero-order chi connectivity index (χ0) is 20.4. The van der Waals surface area contributed by atoms with Crippen LogP contribution in [0.4, 0.5) is 4.79 Å². The van der Waals surface area contributed by atoms with Crippen molar-refractivity contribution in [3.05, 3.63) is 42.0 Å². The highest BCUT2D eigenvalue weighted by atomic mass is 32.2. The fraction of sp³-hybridized carbons (Fsp3) is 0.364. The third-order valence-corrected chi connectivity index (χ3v) is 6.68. The highest BCUT2D eigenvalue weighted by Gasteiger charge is 2.26. The maximum Gasteiger partial charge on any atom is 0.407 e. The lowest BCUT2D eigenvalue weighted by Crippen LogP contribution is -2.27. The zero-order valence-electron chi connectivity index (χ0n) is 17.1. The van der Waals surface area contributed by atoms with Gasteiger partial charge in [0.2, 0.25) is 0 Å². The Morgan fingerprint density at radius 3 is 2.76 bits per heavy atom. The summed E-state index contributed by atoms with van der Waals surface area (Å²) in [7, 11) is 1.38. The molecule has 2 heterocycles. The highest BCUT2D eigenvalue weighted by Crippen LogP contribution is 2.48. The van der Waals surface area contributed by atoms with E-state index < -0.39 is 6.09 Å². The third-order valence-electron chi connectivity index (χ3n) is 5.44. The van der Waals surface area contributed by atoms with E-state index in [1.54, 1.807) is 11.8 Å². The van der Waals surface area contributed by atoms with Gasteiger partial charge in [0, 0.05) is 33.8 Å². The summed E-state index contributed by atoms with van der Waals surface area (Å²) in [5.74, 6) is 0. The van der Waals surface area contributed by atoms with Crippen molar-refractivity contribution < 1.29 is 9.53 Å². The summed E-state index contributed by atoms with van der Waals surface area (Å²) in [5, 5.41) is 9.01. The number of hydrogen-bond acceptors (Lipinski definition) is 5. The smallest absolute Gasteiger partial charge is 0.407 e. The summed E-state index contributed by atoms with van der Waals surface area (Å²) in [5.41, 5.74) is 4.43. The average Bonchev–Trinajstić information content (AvgIpc) is 3.13. The predicted molar refractivity (Wildman–Crippen MR) is 116 cm³/mol. The first-order chi connectivity index (χ1) is 14.2. The molecule has 0 saturated heterocycles. The van der Waals surface area contributed by atoms with E-state index in [4.69, 9.17) is 9.84 Å². The first-order valence-corrected chi connectivity index (χ1v) is 10.8. The monoisotopic (exact) mass is 410 g/mol. The largest absolute Gasteiger partial charge is 0.453 e. The Morgan fingerprint density at radius 2 is 2.00 bits per heavy atom. The number of amides is 1. The summed E-state index contributed by atoms with van der Waals surface area (Å²) >= 11 is 1.75. The van der Waals surface area contributed by atoms with Gasteiger partial charge in [0.25, 0.3) is 0 Å². The van der Waals surface area contributed by atoms with Gasteiger partial charge in [-0.05, 0) is 30.8 Å². The van der Waals surface area contributed by atoms with Crippen molar-refractivity contribution in [1.29, 1.82) is 0 Å². The standard InChI is InChI=1S/C22H26N4O2S/c1-4-25(5-2)12-13-26-17-11-10-15(14-23-22(27)28-3)21-19(17)20(24-26)16-8-6-7-9-18(16)29-21/h6-11H,4-5,12-14H2,1-3H3,(H,23,27). The fourth-order valence-corrected chi connectivity index (χ4v) is 4.99. The number of fused-ring (bicyclic) bond motifs is 2. The van der Waals surface area contributed by atoms with Crippen LogP contribution in [0.1, 0.15) is 19.4 Å². The van der Waals surface area contributed by atoms with Crippen LogP contribution in [-0.2, 0) is 17.8 Å². The first kappa shape index (κ1) is 19.8. The Kier molecular flexibility index (Phi) is 5.78. The number of benzene rings is 2. The van der Waals surface area contributed by atoms with Crippen molar-refractivity contribution >= 4 is 28.8 Å². The van der Waals surface area contributed by atoms with Gasteiger partial charge in [0.1, 0.15) is 5.69 Å². The molecule has 1 aliphatic rings. The molecule has 152 valence electrons. The number of alkyl carbamates (subject to hydrolysis) is 1. The Bertz CT molecular complexity index is 1040. The van der Waals surface area contributed by atoms with E-state index in [0.29, 0.717) is 6.54 Å². The van der Waals surface area contributed by atoms with Crippen LogP contribution in [0.2, 0.25) is 0 Å². The molecule has 1 amide bonds. The van der Waals surface area contributed by atoms with Crippen LogP contribution in [0.3, 0.4) is 0 Å². The summed E-state index contributed by atoms with van der Waals surface area (Å²) < 4.78 is 6.86. The van der Waals surface area contributed by atoms with Crippen LogP contribution in [0.25, 0.3) is 22.2 Å². The molecule has 1 N–H and O–H groups in total. The number of ether oxygens (including phenoxy) is 1. The maximum absolute atomic E-state index is 11.6. The van der Waals surface area contributed by atoms with E-state index in [9.17, 15) is 4.79 Å². The minimum absolute atomic E-state index is 0.423. The van der Waals surface area contributed by atoms with Gasteiger partial charge in [0.05, 0.1) is 19.2 Å². The molecular formula is C22H26N4O2S. The Morgan fingerprint density at radius 1 is 1.21 bits per heavy atom. The van der Waals surface area contributed by atoms with E-state index in [1.807, 2.05) is 0 Å². The second kappa shape index (κ2) is 8.47. The number of rotatable bonds is 7. The number of carbonyl (C=O) groups is 1. The van der Waals surface area contributed by atoms with E-state index in [0.717, 1.165) is 43.0 Å². The predicted octanol–water partition coefficient (Wildman–Crippen LogP) is 4.37. The van der Waals surface area contributed by atoms with Gasteiger partial charge in [-0.25, -0.2) is 4.79 Å². The van der Waals surface area contributed by atoms with Crippen molar-refractivity contribution in [2.24, 2.45) is 0 Å². The summed E-state index contributed by atoms with van der Waals surface area (Å²) in [4.78, 5) is 16.3. The molecular weight excluding hydrogens is 384 g/mol. The van der Waals surface area contributed by atoms with E-state index >= 15 is 0 Å². The molecule has 2 aromatic carbocycles. The Labute approximate surface area is 175 Å². The molecule has 0 atom stereocenters. The van der Waals surface area contributed by atoms with E-state index in [-0.39, 0.29) is 0 Å². The molecule has 0 aliphatic carbocycles. The Balaban J connectivity index is 1.78. The average molecular weight is 411 g/mol. The third kappa shape index (κ3) is 3.72. The molecule has 0 fully saturated rings. The van der Waals surface area contributed by atoms with Crippen LogP contribution < -0.4 is 5.32 Å². The summed E-state index contributed by atoms with van der Waals surface area (Å²) in [6, 6.07) is 12.6. The zero-order valence-corrected chi connectivity index (χ0v) is 17.9. The van der Waals surface area contributed by atoms with Crippen LogP contribution in [-0.4, -0.2) is 47.5 Å². The minimum atomic E-state index is -0.423. The Hall–Kier alpha value is -2.51. The minimum Gasteiger partial charge on any atom is -0.453 e. The van der Waals surface area contributed by atoms with Gasteiger partial charge >= 0.3 is 6.09 Å². The lowest BCUT2D eigenvalue weighted by Gasteiger charge is -2.18. The molecule has 3 aromatic rings. The van der Waals surface area contributed by atoms with Crippen molar-refractivity contribution in [3.63, 3.8) is 0 Å². The molecule has 4 rings (SSSR count). The number of methoxy groups -OCH3 is 1. The van der Waals surface area contributed by atoms with Crippen LogP contribution in [0.5, 0.6) is 0 Å². The molecule has 6 nitrogen and oxygen atoms in total. The lowest BCUT2D eigenvalue weighted by atomic mass is 10.0. The second-order valence-electron chi connectivity index (χ2n) is 6.99. The van der Waals surface area contributed by atoms with Crippen molar-refractivity contribution in [2.45, 2.75) is 36.7 Å². The van der Waals surface area contributed by atoms with E-state index in [2.05, 4.69) is 65.1 Å². The number of aromatic nitrogens is 2. The quantitative estimate of drug-likeness (QED) is 0.490. The fourth-order valence-electron chi connectivity index (χ4n) is 3.78. The van der Waals surface area contributed by atoms with Gasteiger partial charge in [-0.1, -0.05) is 49.9 Å². The van der Waals surface area contributed by atoms with Gasteiger partial charge in [-0.3, -0.25) is 4.68 Å². The first-order valence-electron chi connectivity index (χ1n) is 10.00. The summed E-state index contributed by atoms with van der Waals surface area (Å²) in [6.45, 7) is 8.71. The van der Waals surface area contributed by atoms with E-state index in [1.165, 1.54) is 27.9 Å². The second-order valence-corrected chi connectivity index (χ2v) is 8.04. The summed E-state index contributed by atoms with van der Waals surface area (Å²) in [6.07, 6.45) is -0.423. The number of likely N-dealkylation sites (N-methyl/N-ethyl adjacent to an activating group) is 1. The lowest BCUT2D eigenvalue weighted by molar-refractivity contribution is 0.170. The number of carbonyl (C=O) groups excluding carboxylic acids is 1. The number of hydrogen-bond donors (Lipinski definition) is 1. The molecule has 0 saturated carbocycles. The topological polar surface area (TPSA) is 59.4 Å². The molecule has 1 aromatic heterocycles.